The van der Waals surface area contributed by atoms with Crippen LogP contribution in [0, 0.1) is 29.2 Å². The van der Waals surface area contributed by atoms with E-state index in [-0.39, 0.29) is 17.9 Å². The lowest BCUT2D eigenvalue weighted by molar-refractivity contribution is 0.307. The minimum atomic E-state index is -1.01. The van der Waals surface area contributed by atoms with Crippen molar-refractivity contribution >= 4 is 0 Å². The van der Waals surface area contributed by atoms with Crippen molar-refractivity contribution in [3.63, 3.8) is 0 Å². The highest BCUT2D eigenvalue weighted by atomic mass is 19.2. The van der Waals surface area contributed by atoms with E-state index in [1.54, 1.807) is 0 Å². The molecule has 1 aliphatic carbocycles. The highest BCUT2D eigenvalue weighted by Crippen LogP contribution is 2.38. The van der Waals surface area contributed by atoms with Gasteiger partial charge in [0.15, 0.2) is 11.6 Å². The minimum Gasteiger partial charge on any atom is -0.207 e. The highest BCUT2D eigenvalue weighted by Gasteiger charge is 2.24. The molecule has 26 heavy (non-hydrogen) atoms. The third-order valence-electron chi connectivity index (χ3n) is 5.54. The summed E-state index contributed by atoms with van der Waals surface area (Å²) in [5.74, 6) is -2.27. The molecule has 0 aromatic heterocycles. The fourth-order valence-corrected chi connectivity index (χ4v) is 4.07. The average molecular weight is 364 g/mol. The van der Waals surface area contributed by atoms with Gasteiger partial charge in [-0.25, -0.2) is 17.6 Å². The van der Waals surface area contributed by atoms with Gasteiger partial charge in [0, 0.05) is 12.0 Å². The number of hydrogen-bond acceptors (Lipinski definition) is 0. The molecule has 1 fully saturated rings. The fourth-order valence-electron chi connectivity index (χ4n) is 4.07. The lowest BCUT2D eigenvalue weighted by Gasteiger charge is -2.29. The normalized spacial score (nSPS) is 20.3. The smallest absolute Gasteiger partial charge is 0.159 e. The van der Waals surface area contributed by atoms with E-state index in [0.717, 1.165) is 43.7 Å². The first-order valence-corrected chi connectivity index (χ1v) is 9.39. The van der Waals surface area contributed by atoms with E-state index >= 15 is 0 Å². The van der Waals surface area contributed by atoms with Crippen molar-refractivity contribution < 1.29 is 17.6 Å². The van der Waals surface area contributed by atoms with E-state index in [1.165, 1.54) is 31.0 Å². The Kier molecular flexibility index (Phi) is 6.00. The zero-order valence-corrected chi connectivity index (χ0v) is 15.0. The van der Waals surface area contributed by atoms with Gasteiger partial charge in [-0.3, -0.25) is 0 Å². The maximum Gasteiger partial charge on any atom is 0.159 e. The average Bonchev–Trinajstić information content (AvgIpc) is 2.62. The lowest BCUT2D eigenvalue weighted by Crippen LogP contribution is -2.14. The summed E-state index contributed by atoms with van der Waals surface area (Å²) in [6.45, 7) is 2.18. The summed E-state index contributed by atoms with van der Waals surface area (Å²) in [5.41, 5.74) is 0.956. The van der Waals surface area contributed by atoms with Crippen molar-refractivity contribution in [3.8, 4) is 0 Å². The Balaban J connectivity index is 1.75. The van der Waals surface area contributed by atoms with Gasteiger partial charge in [0.2, 0.25) is 0 Å². The van der Waals surface area contributed by atoms with Gasteiger partial charge < -0.3 is 0 Å². The predicted octanol–water partition coefficient (Wildman–Crippen LogP) is 6.91. The van der Waals surface area contributed by atoms with Crippen LogP contribution in [0.15, 0.2) is 30.3 Å². The Morgan fingerprint density at radius 3 is 2.04 bits per heavy atom. The molecule has 3 rings (SSSR count). The second kappa shape index (κ2) is 8.24. The van der Waals surface area contributed by atoms with Crippen molar-refractivity contribution in [2.75, 3.05) is 0 Å². The Bertz CT molecular complexity index is 738. The standard InChI is InChI=1S/C22H24F4/c1-2-3-14-4-7-16(8-5-14)17-12-20(24)18(21(25)13-17)10-15-6-9-19(23)22(26)11-15/h6,9,11-14,16H,2-5,7-8,10H2,1H3. The monoisotopic (exact) mass is 364 g/mol. The summed E-state index contributed by atoms with van der Waals surface area (Å²) >= 11 is 0. The molecule has 4 heteroatoms. The first kappa shape index (κ1) is 18.9. The van der Waals surface area contributed by atoms with Crippen LogP contribution in [0.5, 0.6) is 0 Å². The van der Waals surface area contributed by atoms with E-state index in [9.17, 15) is 17.6 Å². The van der Waals surface area contributed by atoms with Gasteiger partial charge >= 0.3 is 0 Å². The third-order valence-corrected chi connectivity index (χ3v) is 5.54. The summed E-state index contributed by atoms with van der Waals surface area (Å²) in [7, 11) is 0. The molecular formula is C22H24F4. The van der Waals surface area contributed by atoms with Crippen molar-refractivity contribution in [1.82, 2.24) is 0 Å². The summed E-state index contributed by atoms with van der Waals surface area (Å²) in [5, 5.41) is 0. The van der Waals surface area contributed by atoms with Gasteiger partial charge in [0.05, 0.1) is 0 Å². The second-order valence-corrected chi connectivity index (χ2v) is 7.39. The zero-order valence-electron chi connectivity index (χ0n) is 15.0. The molecule has 0 saturated heterocycles. The van der Waals surface area contributed by atoms with E-state index in [2.05, 4.69) is 6.92 Å². The van der Waals surface area contributed by atoms with Crippen molar-refractivity contribution in [1.29, 1.82) is 0 Å². The third kappa shape index (κ3) is 4.28. The molecule has 1 aliphatic rings. The number of rotatable bonds is 5. The molecule has 0 aliphatic heterocycles. The fraction of sp³-hybridized carbons (Fsp3) is 0.455. The van der Waals surface area contributed by atoms with Gasteiger partial charge in [0.25, 0.3) is 0 Å². The number of hydrogen-bond donors (Lipinski definition) is 0. The first-order chi connectivity index (χ1) is 12.5. The van der Waals surface area contributed by atoms with Crippen LogP contribution in [0.3, 0.4) is 0 Å². The molecule has 0 nitrogen and oxygen atoms in total. The topological polar surface area (TPSA) is 0 Å². The molecule has 0 amide bonds. The van der Waals surface area contributed by atoms with Gasteiger partial charge in [0.1, 0.15) is 11.6 Å². The van der Waals surface area contributed by atoms with Crippen molar-refractivity contribution in [3.05, 3.63) is 70.3 Å². The maximum atomic E-state index is 14.5. The molecule has 2 aromatic rings. The largest absolute Gasteiger partial charge is 0.207 e. The van der Waals surface area contributed by atoms with Gasteiger partial charge in [-0.2, -0.15) is 0 Å². The highest BCUT2D eigenvalue weighted by molar-refractivity contribution is 5.33. The Morgan fingerprint density at radius 1 is 0.808 bits per heavy atom. The molecule has 0 N–H and O–H groups in total. The summed E-state index contributed by atoms with van der Waals surface area (Å²) < 4.78 is 55.4. The molecular weight excluding hydrogens is 340 g/mol. The summed E-state index contributed by atoms with van der Waals surface area (Å²) in [6.07, 6.45) is 6.45. The van der Waals surface area contributed by atoms with Gasteiger partial charge in [-0.15, -0.1) is 0 Å². The van der Waals surface area contributed by atoms with Crippen molar-refractivity contribution in [2.45, 2.75) is 57.8 Å². The molecule has 0 radical (unpaired) electrons. The Morgan fingerprint density at radius 2 is 1.46 bits per heavy atom. The second-order valence-electron chi connectivity index (χ2n) is 7.39. The quantitative estimate of drug-likeness (QED) is 0.506. The van der Waals surface area contributed by atoms with E-state index in [4.69, 9.17) is 0 Å². The lowest BCUT2D eigenvalue weighted by atomic mass is 9.77. The first-order valence-electron chi connectivity index (χ1n) is 9.39. The van der Waals surface area contributed by atoms with Crippen LogP contribution in [0.1, 0.15) is 68.1 Å². The summed E-state index contributed by atoms with van der Waals surface area (Å²) in [6, 6.07) is 6.15. The maximum absolute atomic E-state index is 14.5. The molecule has 0 spiro atoms. The molecule has 140 valence electrons. The van der Waals surface area contributed by atoms with Crippen molar-refractivity contribution in [2.24, 2.45) is 5.92 Å². The minimum absolute atomic E-state index is 0.0978. The van der Waals surface area contributed by atoms with E-state index < -0.39 is 23.3 Å². The predicted molar refractivity (Wildman–Crippen MR) is 95.1 cm³/mol. The van der Waals surface area contributed by atoms with Crippen LogP contribution in [-0.4, -0.2) is 0 Å². The molecule has 1 saturated carbocycles. The molecule has 0 heterocycles. The van der Waals surface area contributed by atoms with Crippen LogP contribution < -0.4 is 0 Å². The van der Waals surface area contributed by atoms with Crippen LogP contribution >= 0.6 is 0 Å². The van der Waals surface area contributed by atoms with Crippen LogP contribution in [0.4, 0.5) is 17.6 Å². The van der Waals surface area contributed by atoms with E-state index in [0.29, 0.717) is 11.1 Å². The van der Waals surface area contributed by atoms with Gasteiger partial charge in [-0.1, -0.05) is 25.8 Å². The number of halogens is 4. The van der Waals surface area contributed by atoms with Crippen LogP contribution in [0.2, 0.25) is 0 Å². The number of benzene rings is 2. The SMILES string of the molecule is CCCC1CCC(c2cc(F)c(Cc3ccc(F)c(F)c3)c(F)c2)CC1. The zero-order chi connectivity index (χ0) is 18.7. The molecule has 0 unspecified atom stereocenters. The molecule has 0 bridgehead atoms. The van der Waals surface area contributed by atoms with Gasteiger partial charge in [-0.05, 0) is 72.9 Å². The Hall–Kier alpha value is -1.84. The van der Waals surface area contributed by atoms with Crippen LogP contribution in [0.25, 0.3) is 0 Å². The molecule has 0 atom stereocenters. The Labute approximate surface area is 152 Å². The summed E-state index contributed by atoms with van der Waals surface area (Å²) in [4.78, 5) is 0. The van der Waals surface area contributed by atoms with Crippen LogP contribution in [-0.2, 0) is 6.42 Å². The molecule has 2 aromatic carbocycles. The van der Waals surface area contributed by atoms with E-state index in [1.807, 2.05) is 0 Å².